The van der Waals surface area contributed by atoms with Crippen molar-refractivity contribution in [1.82, 2.24) is 0 Å². The molecule has 0 amide bonds. The molecule has 2 nitrogen and oxygen atoms in total. The van der Waals surface area contributed by atoms with Crippen LogP contribution in [0.4, 0.5) is 0 Å². The minimum absolute atomic E-state index is 0.0190. The smallest absolute Gasteiger partial charge is 0.104 e. The molecule has 0 heterocycles. The van der Waals surface area contributed by atoms with Gasteiger partial charge in [0.05, 0.1) is 0 Å². The molecule has 0 aromatic heterocycles. The molecule has 0 aliphatic heterocycles. The molecule has 0 saturated carbocycles. The molecule has 0 aliphatic rings. The lowest BCUT2D eigenvalue weighted by Crippen LogP contribution is -1.80. The van der Waals surface area contributed by atoms with Crippen molar-refractivity contribution in [2.45, 2.75) is 51.4 Å². The zero-order valence-corrected chi connectivity index (χ0v) is 9.97. The molecule has 90 valence electrons. The van der Waals surface area contributed by atoms with Crippen molar-refractivity contribution < 1.29 is 10.2 Å². The first-order chi connectivity index (χ1) is 7.91. The summed E-state index contributed by atoms with van der Waals surface area (Å²) in [6.07, 6.45) is 9.05. The zero-order valence-electron chi connectivity index (χ0n) is 9.97. The van der Waals surface area contributed by atoms with Crippen molar-refractivity contribution in [3.63, 3.8) is 0 Å². The van der Waals surface area contributed by atoms with Crippen LogP contribution >= 0.6 is 0 Å². The Morgan fingerprint density at radius 2 is 0.875 bits per heavy atom. The average Bonchev–Trinajstić information content (AvgIpc) is 2.31. The molecule has 0 atom stereocenters. The van der Waals surface area contributed by atoms with E-state index in [1.54, 1.807) is 0 Å². The van der Waals surface area contributed by atoms with Gasteiger partial charge in [-0.1, -0.05) is 37.5 Å². The largest absolute Gasteiger partial charge is 0.384 e. The van der Waals surface area contributed by atoms with Crippen molar-refractivity contribution in [3.8, 4) is 23.7 Å². The maximum absolute atomic E-state index is 8.43. The Bertz CT molecular complexity index is 221. The van der Waals surface area contributed by atoms with E-state index in [2.05, 4.69) is 23.7 Å². The minimum Gasteiger partial charge on any atom is -0.384 e. The van der Waals surface area contributed by atoms with Crippen molar-refractivity contribution >= 4 is 0 Å². The topological polar surface area (TPSA) is 40.5 Å². The van der Waals surface area contributed by atoms with Gasteiger partial charge in [0.25, 0.3) is 0 Å². The van der Waals surface area contributed by atoms with Crippen molar-refractivity contribution in [2.24, 2.45) is 0 Å². The summed E-state index contributed by atoms with van der Waals surface area (Å²) in [5, 5.41) is 16.9. The van der Waals surface area contributed by atoms with E-state index in [-0.39, 0.29) is 13.2 Å². The van der Waals surface area contributed by atoms with Crippen molar-refractivity contribution in [1.29, 1.82) is 0 Å². The second-order valence-electron chi connectivity index (χ2n) is 3.64. The van der Waals surface area contributed by atoms with Gasteiger partial charge in [-0.25, -0.2) is 0 Å². The molecule has 2 N–H and O–H groups in total. The highest BCUT2D eigenvalue weighted by molar-refractivity contribution is 4.98. The number of hydrogen-bond donors (Lipinski definition) is 2. The third-order valence-corrected chi connectivity index (χ3v) is 2.26. The van der Waals surface area contributed by atoms with Gasteiger partial charge in [0.15, 0.2) is 0 Å². The second-order valence-corrected chi connectivity index (χ2v) is 3.64. The summed E-state index contributed by atoms with van der Waals surface area (Å²) in [6, 6.07) is 0. The molecular formula is C14H22O2. The summed E-state index contributed by atoms with van der Waals surface area (Å²) in [5.41, 5.74) is 0. The molecule has 0 fully saturated rings. The highest BCUT2D eigenvalue weighted by Crippen LogP contribution is 2.07. The first-order valence-electron chi connectivity index (χ1n) is 6.05. The predicted molar refractivity (Wildman–Crippen MR) is 66.7 cm³/mol. The van der Waals surface area contributed by atoms with Gasteiger partial charge in [-0.15, -0.1) is 11.8 Å². The van der Waals surface area contributed by atoms with Gasteiger partial charge in [0.1, 0.15) is 13.2 Å². The number of unbranched alkanes of at least 4 members (excludes halogenated alkanes) is 7. The Morgan fingerprint density at radius 3 is 1.25 bits per heavy atom. The minimum atomic E-state index is -0.0190. The van der Waals surface area contributed by atoms with Gasteiger partial charge >= 0.3 is 0 Å². The fourth-order valence-corrected chi connectivity index (χ4v) is 1.42. The summed E-state index contributed by atoms with van der Waals surface area (Å²) in [4.78, 5) is 0. The predicted octanol–water partition coefficient (Wildman–Crippen LogP) is 2.10. The fourth-order valence-electron chi connectivity index (χ4n) is 1.42. The molecule has 0 spiro atoms. The van der Waals surface area contributed by atoms with Gasteiger partial charge in [0, 0.05) is 12.8 Å². The van der Waals surface area contributed by atoms with E-state index < -0.39 is 0 Å². The van der Waals surface area contributed by atoms with E-state index in [0.29, 0.717) is 0 Å². The molecule has 2 heteroatoms. The summed E-state index contributed by atoms with van der Waals surface area (Å²) in [7, 11) is 0. The van der Waals surface area contributed by atoms with Gasteiger partial charge in [-0.05, 0) is 12.8 Å². The van der Waals surface area contributed by atoms with Crippen LogP contribution in [0.2, 0.25) is 0 Å². The first kappa shape index (κ1) is 15.0. The molecule has 0 bridgehead atoms. The first-order valence-corrected chi connectivity index (χ1v) is 6.05. The molecule has 0 aromatic carbocycles. The van der Waals surface area contributed by atoms with Crippen LogP contribution in [-0.2, 0) is 0 Å². The Kier molecular flexibility index (Phi) is 13.2. The summed E-state index contributed by atoms with van der Waals surface area (Å²) >= 11 is 0. The Balaban J connectivity index is 3.04. The number of hydrogen-bond acceptors (Lipinski definition) is 2. The summed E-state index contributed by atoms with van der Waals surface area (Å²) < 4.78 is 0. The van der Waals surface area contributed by atoms with E-state index in [1.165, 1.54) is 25.7 Å². The molecule has 0 saturated heterocycles. The maximum Gasteiger partial charge on any atom is 0.104 e. The lowest BCUT2D eigenvalue weighted by atomic mass is 10.1. The molecule has 0 aliphatic carbocycles. The third kappa shape index (κ3) is 13.0. The normalized spacial score (nSPS) is 8.88. The third-order valence-electron chi connectivity index (χ3n) is 2.26. The van der Waals surface area contributed by atoms with Crippen LogP contribution in [0, 0.1) is 23.7 Å². The SMILES string of the molecule is OCC#CCCCCCCCCC#CCO. The Morgan fingerprint density at radius 1 is 0.500 bits per heavy atom. The van der Waals surface area contributed by atoms with Gasteiger partial charge in [-0.2, -0.15) is 0 Å². The van der Waals surface area contributed by atoms with Crippen LogP contribution in [-0.4, -0.2) is 23.4 Å². The number of rotatable bonds is 7. The zero-order chi connectivity index (χ0) is 11.9. The Hall–Kier alpha value is -0.960. The molecular weight excluding hydrogens is 200 g/mol. The summed E-state index contributed by atoms with van der Waals surface area (Å²) in [5.74, 6) is 11.1. The molecule has 0 aromatic rings. The monoisotopic (exact) mass is 222 g/mol. The highest BCUT2D eigenvalue weighted by atomic mass is 16.3. The van der Waals surface area contributed by atoms with Gasteiger partial charge < -0.3 is 10.2 Å². The van der Waals surface area contributed by atoms with Crippen molar-refractivity contribution in [3.05, 3.63) is 0 Å². The standard InChI is InChI=1S/C14H22O2/c15-13-11-9-7-5-3-1-2-4-6-8-10-12-14-16/h15-16H,1-8,13-14H2. The highest BCUT2D eigenvalue weighted by Gasteiger charge is 1.89. The second kappa shape index (κ2) is 14.0. The number of aliphatic hydroxyl groups excluding tert-OH is 2. The average molecular weight is 222 g/mol. The van der Waals surface area contributed by atoms with Crippen molar-refractivity contribution in [2.75, 3.05) is 13.2 Å². The number of aliphatic hydroxyl groups is 2. The van der Waals surface area contributed by atoms with E-state index in [9.17, 15) is 0 Å². The van der Waals surface area contributed by atoms with E-state index in [0.717, 1.165) is 25.7 Å². The quantitative estimate of drug-likeness (QED) is 0.511. The van der Waals surface area contributed by atoms with Crippen LogP contribution in [0.5, 0.6) is 0 Å². The molecule has 0 radical (unpaired) electrons. The Labute approximate surface area is 99.1 Å². The van der Waals surface area contributed by atoms with Gasteiger partial charge in [-0.3, -0.25) is 0 Å². The van der Waals surface area contributed by atoms with Crippen LogP contribution < -0.4 is 0 Å². The van der Waals surface area contributed by atoms with E-state index in [1.807, 2.05) is 0 Å². The van der Waals surface area contributed by atoms with Gasteiger partial charge in [0.2, 0.25) is 0 Å². The summed E-state index contributed by atoms with van der Waals surface area (Å²) in [6.45, 7) is -0.0379. The maximum atomic E-state index is 8.43. The van der Waals surface area contributed by atoms with Crippen LogP contribution in [0.25, 0.3) is 0 Å². The van der Waals surface area contributed by atoms with Crippen LogP contribution in [0.15, 0.2) is 0 Å². The van der Waals surface area contributed by atoms with Crippen LogP contribution in [0.1, 0.15) is 51.4 Å². The lowest BCUT2D eigenvalue weighted by molar-refractivity contribution is 0.350. The molecule has 0 unspecified atom stereocenters. The van der Waals surface area contributed by atoms with E-state index in [4.69, 9.17) is 10.2 Å². The lowest BCUT2D eigenvalue weighted by Gasteiger charge is -1.97. The van der Waals surface area contributed by atoms with Crippen LogP contribution in [0.3, 0.4) is 0 Å². The molecule has 16 heavy (non-hydrogen) atoms. The fraction of sp³-hybridized carbons (Fsp3) is 0.714. The molecule has 0 rings (SSSR count). The van der Waals surface area contributed by atoms with E-state index >= 15 is 0 Å².